The first-order valence-electron chi connectivity index (χ1n) is 6.05. The Kier molecular flexibility index (Phi) is 2.79. The molecule has 0 bridgehead atoms. The third kappa shape index (κ3) is 1.55. The van der Waals surface area contributed by atoms with E-state index in [4.69, 9.17) is 9.47 Å². The Balaban J connectivity index is 2.06. The highest BCUT2D eigenvalue weighted by Gasteiger charge is 2.52. The van der Waals surface area contributed by atoms with Crippen LogP contribution >= 0.6 is 0 Å². The van der Waals surface area contributed by atoms with Crippen molar-refractivity contribution in [2.75, 3.05) is 13.2 Å². The van der Waals surface area contributed by atoms with E-state index in [0.29, 0.717) is 18.8 Å². The van der Waals surface area contributed by atoms with Gasteiger partial charge in [-0.05, 0) is 6.07 Å². The zero-order valence-electron chi connectivity index (χ0n) is 9.82. The summed E-state index contributed by atoms with van der Waals surface area (Å²) < 4.78 is 11.2. The van der Waals surface area contributed by atoms with E-state index < -0.39 is 23.9 Å². The van der Waals surface area contributed by atoms with Gasteiger partial charge in [0.05, 0.1) is 13.2 Å². The molecular formula is C13H16O5. The first kappa shape index (κ1) is 11.9. The maximum atomic E-state index is 10.3. The van der Waals surface area contributed by atoms with Crippen LogP contribution in [-0.4, -0.2) is 46.8 Å². The molecule has 0 amide bonds. The Morgan fingerprint density at radius 3 is 2.78 bits per heavy atom. The van der Waals surface area contributed by atoms with E-state index in [2.05, 4.69) is 0 Å². The summed E-state index contributed by atoms with van der Waals surface area (Å²) in [6, 6.07) is 7.31. The van der Waals surface area contributed by atoms with Crippen LogP contribution in [0.2, 0.25) is 0 Å². The highest BCUT2D eigenvalue weighted by molar-refractivity contribution is 5.41. The lowest BCUT2D eigenvalue weighted by Gasteiger charge is -2.47. The van der Waals surface area contributed by atoms with Crippen LogP contribution in [0.5, 0.6) is 5.75 Å². The fourth-order valence-corrected chi connectivity index (χ4v) is 2.75. The molecule has 0 radical (unpaired) electrons. The van der Waals surface area contributed by atoms with Crippen molar-refractivity contribution in [3.05, 3.63) is 29.8 Å². The van der Waals surface area contributed by atoms with Crippen LogP contribution in [0.1, 0.15) is 12.0 Å². The fourth-order valence-electron chi connectivity index (χ4n) is 2.75. The van der Waals surface area contributed by atoms with Gasteiger partial charge >= 0.3 is 0 Å². The molecule has 5 heteroatoms. The molecule has 0 saturated carbocycles. The van der Waals surface area contributed by atoms with Gasteiger partial charge in [0.15, 0.2) is 0 Å². The van der Waals surface area contributed by atoms with Crippen molar-refractivity contribution in [2.45, 2.75) is 30.3 Å². The molecule has 1 fully saturated rings. The third-order valence-corrected chi connectivity index (χ3v) is 3.78. The van der Waals surface area contributed by atoms with Crippen molar-refractivity contribution < 1.29 is 24.8 Å². The van der Waals surface area contributed by atoms with E-state index >= 15 is 0 Å². The second kappa shape index (κ2) is 4.20. The van der Waals surface area contributed by atoms with Gasteiger partial charge in [-0.2, -0.15) is 0 Å². The highest BCUT2D eigenvalue weighted by atomic mass is 16.5. The molecule has 4 atom stereocenters. The monoisotopic (exact) mass is 252 g/mol. The van der Waals surface area contributed by atoms with Gasteiger partial charge < -0.3 is 24.8 Å². The molecule has 2 heterocycles. The lowest BCUT2D eigenvalue weighted by atomic mass is 9.78. The molecule has 1 aromatic rings. The maximum Gasteiger partial charge on any atom is 0.128 e. The van der Waals surface area contributed by atoms with Gasteiger partial charge in [-0.1, -0.05) is 18.2 Å². The Morgan fingerprint density at radius 2 is 1.94 bits per heavy atom. The Hall–Kier alpha value is -1.14. The molecule has 2 aliphatic heterocycles. The molecule has 1 spiro atoms. The number of aliphatic hydroxyl groups is 3. The first-order valence-corrected chi connectivity index (χ1v) is 6.05. The molecule has 5 nitrogen and oxygen atoms in total. The summed E-state index contributed by atoms with van der Waals surface area (Å²) in [4.78, 5) is 0. The highest BCUT2D eigenvalue weighted by Crippen LogP contribution is 2.45. The average molecular weight is 252 g/mol. The Bertz CT molecular complexity index is 449. The quantitative estimate of drug-likeness (QED) is 0.595. The molecule has 1 saturated heterocycles. The molecule has 18 heavy (non-hydrogen) atoms. The lowest BCUT2D eigenvalue weighted by Crippen LogP contribution is -2.60. The first-order chi connectivity index (χ1) is 8.65. The van der Waals surface area contributed by atoms with E-state index in [1.807, 2.05) is 24.3 Å². The summed E-state index contributed by atoms with van der Waals surface area (Å²) in [5.41, 5.74) is -0.247. The molecule has 3 rings (SSSR count). The van der Waals surface area contributed by atoms with E-state index in [1.54, 1.807) is 0 Å². The SMILES string of the molecule is OC1COC2(CCOc3ccccc32)C(O)C1O. The van der Waals surface area contributed by atoms with Crippen molar-refractivity contribution in [3.8, 4) is 5.75 Å². The van der Waals surface area contributed by atoms with Crippen LogP contribution in [0.3, 0.4) is 0 Å². The topological polar surface area (TPSA) is 79.2 Å². The maximum absolute atomic E-state index is 10.3. The Labute approximate surface area is 105 Å². The van der Waals surface area contributed by atoms with Gasteiger partial charge in [0.2, 0.25) is 0 Å². The van der Waals surface area contributed by atoms with Crippen molar-refractivity contribution in [2.24, 2.45) is 0 Å². The second-order valence-corrected chi connectivity index (χ2v) is 4.80. The minimum atomic E-state index is -1.20. The van der Waals surface area contributed by atoms with E-state index in [9.17, 15) is 15.3 Å². The molecular weight excluding hydrogens is 236 g/mol. The van der Waals surface area contributed by atoms with Gasteiger partial charge in [-0.25, -0.2) is 0 Å². The smallest absolute Gasteiger partial charge is 0.128 e. The van der Waals surface area contributed by atoms with E-state index in [-0.39, 0.29) is 6.61 Å². The largest absolute Gasteiger partial charge is 0.493 e. The average Bonchev–Trinajstić information content (AvgIpc) is 2.41. The number of hydrogen-bond donors (Lipinski definition) is 3. The minimum Gasteiger partial charge on any atom is -0.493 e. The van der Waals surface area contributed by atoms with Crippen LogP contribution in [0.15, 0.2) is 24.3 Å². The van der Waals surface area contributed by atoms with Crippen molar-refractivity contribution in [1.82, 2.24) is 0 Å². The normalized spacial score (nSPS) is 39.2. The fraction of sp³-hybridized carbons (Fsp3) is 0.538. The minimum absolute atomic E-state index is 0.00651. The van der Waals surface area contributed by atoms with Gasteiger partial charge in [0, 0.05) is 12.0 Å². The van der Waals surface area contributed by atoms with Crippen molar-refractivity contribution >= 4 is 0 Å². The summed E-state index contributed by atoms with van der Waals surface area (Å²) in [7, 11) is 0. The number of fused-ring (bicyclic) bond motifs is 2. The molecule has 0 aromatic heterocycles. The lowest BCUT2D eigenvalue weighted by molar-refractivity contribution is -0.249. The van der Waals surface area contributed by atoms with Crippen molar-refractivity contribution in [1.29, 1.82) is 0 Å². The molecule has 0 aliphatic carbocycles. The summed E-state index contributed by atoms with van der Waals surface area (Å²) in [5, 5.41) is 29.7. The van der Waals surface area contributed by atoms with Crippen LogP contribution in [0.25, 0.3) is 0 Å². The molecule has 1 aromatic carbocycles. The number of hydrogen-bond acceptors (Lipinski definition) is 5. The standard InChI is InChI=1S/C13H16O5/c14-9-7-18-13(12(16)11(9)15)5-6-17-10-4-2-1-3-8(10)13/h1-4,9,11-12,14-16H,5-7H2. The van der Waals surface area contributed by atoms with Gasteiger partial charge in [0.1, 0.15) is 29.7 Å². The molecule has 3 N–H and O–H groups in total. The molecule has 2 aliphatic rings. The van der Waals surface area contributed by atoms with Crippen molar-refractivity contribution in [3.63, 3.8) is 0 Å². The van der Waals surface area contributed by atoms with Gasteiger partial charge in [-0.3, -0.25) is 0 Å². The number of aliphatic hydroxyl groups excluding tert-OH is 3. The molecule has 4 unspecified atom stereocenters. The second-order valence-electron chi connectivity index (χ2n) is 4.80. The molecule has 98 valence electrons. The van der Waals surface area contributed by atoms with Gasteiger partial charge in [0.25, 0.3) is 0 Å². The van der Waals surface area contributed by atoms with E-state index in [0.717, 1.165) is 5.56 Å². The predicted octanol–water partition coefficient (Wildman–Crippen LogP) is -0.223. The summed E-state index contributed by atoms with van der Waals surface area (Å²) in [6.07, 6.45) is -2.97. The zero-order valence-corrected chi connectivity index (χ0v) is 9.82. The number of rotatable bonds is 0. The number of benzene rings is 1. The van der Waals surface area contributed by atoms with Gasteiger partial charge in [-0.15, -0.1) is 0 Å². The summed E-state index contributed by atoms with van der Waals surface area (Å²) in [5.74, 6) is 0.659. The van der Waals surface area contributed by atoms with E-state index in [1.165, 1.54) is 0 Å². The van der Waals surface area contributed by atoms with Crippen LogP contribution in [0, 0.1) is 0 Å². The van der Waals surface area contributed by atoms with Crippen LogP contribution in [-0.2, 0) is 10.3 Å². The summed E-state index contributed by atoms with van der Waals surface area (Å²) >= 11 is 0. The number of ether oxygens (including phenoxy) is 2. The van der Waals surface area contributed by atoms with Crippen LogP contribution < -0.4 is 4.74 Å². The third-order valence-electron chi connectivity index (χ3n) is 3.78. The Morgan fingerprint density at radius 1 is 1.17 bits per heavy atom. The number of para-hydroxylation sites is 1. The summed E-state index contributed by atoms with van der Waals surface area (Å²) in [6.45, 7) is 0.420. The predicted molar refractivity (Wildman–Crippen MR) is 62.2 cm³/mol. The zero-order chi connectivity index (χ0) is 12.8. The van der Waals surface area contributed by atoms with Crippen LogP contribution in [0.4, 0.5) is 0 Å².